The maximum atomic E-state index is 14.2. The molecule has 2 N–H and O–H groups in total. The predicted octanol–water partition coefficient (Wildman–Crippen LogP) is 13.6. The molecule has 0 atom stereocenters. The summed E-state index contributed by atoms with van der Waals surface area (Å²) in [4.78, 5) is 35.3. The predicted molar refractivity (Wildman–Crippen MR) is 239 cm³/mol. The van der Waals surface area contributed by atoms with E-state index in [1.165, 1.54) is 22.9 Å². The number of carbonyl (C=O) groups is 3. The van der Waals surface area contributed by atoms with E-state index in [1.807, 2.05) is 0 Å². The fraction of sp³-hybridized carbons (Fsp3) is 0.176. The van der Waals surface area contributed by atoms with Crippen LogP contribution >= 0.6 is 0 Å². The lowest BCUT2D eigenvalue weighted by atomic mass is 9.12. The number of aromatic nitrogens is 1. The molecule has 0 amide bonds. The second-order valence-corrected chi connectivity index (χ2v) is 17.7. The van der Waals surface area contributed by atoms with Crippen LogP contribution in [0.4, 0.5) is 105 Å². The number of aromatic carboxylic acids is 2. The summed E-state index contributed by atoms with van der Waals surface area (Å²) in [5, 5.41) is 19.6. The molecule has 1 aromatic heterocycles. The standard InChI is InChI=1S/C32H12BF24.C19H13NO5/c34-25(35,36)13-1-14(26(37,38)39)6-21(5-13)33(22-7-15(27(40,41)42)2-16(8-22)28(43,44)45,23-9-17(29(46,47)48)3-18(10-23)30(49,50)51)24-11-19(31(52,53)54)4-20(12-24)32(55,56)57;21-16(13-4-2-1-3-5-13)11-20-9-8-12-6-7-14(18(22)23)10-15(12)17(20)19(24)25/h1-12H;1-10H,11H2,(H-,22,23,24,25)/q-1;/p+1. The molecule has 6 aromatic carbocycles. The SMILES string of the molecule is FC(F)(F)c1cc([B-](c2cc(C(F)(F)F)cc(C(F)(F)F)c2)(c2cc(C(F)(F)F)cc(C(F)(F)F)c2)c2cc(C(F)(F)F)cc(C(F)(F)F)c2)cc(C(F)(F)F)c1.O=C(O)c1ccc2cc[n+](CC(=O)c3ccccc3)c(C(=O)O)c2c1. The molecule has 82 heavy (non-hydrogen) atoms. The van der Waals surface area contributed by atoms with Crippen LogP contribution in [0.5, 0.6) is 0 Å². The number of carboxylic acids is 2. The third-order valence-electron chi connectivity index (χ3n) is 12.3. The highest BCUT2D eigenvalue weighted by Crippen LogP contribution is 2.41. The molecule has 0 bridgehead atoms. The molecule has 436 valence electrons. The van der Waals surface area contributed by atoms with Gasteiger partial charge in [-0.2, -0.15) is 132 Å². The molecular weight excluding hydrogens is 1170 g/mol. The lowest BCUT2D eigenvalue weighted by Gasteiger charge is -2.46. The van der Waals surface area contributed by atoms with E-state index in [9.17, 15) is 125 Å². The van der Waals surface area contributed by atoms with Crippen LogP contribution in [0.3, 0.4) is 0 Å². The molecule has 0 aliphatic heterocycles. The molecule has 7 aromatic rings. The molecule has 0 radical (unpaired) electrons. The van der Waals surface area contributed by atoms with Gasteiger partial charge in [-0.1, -0.05) is 84.9 Å². The Labute approximate surface area is 441 Å². The highest BCUT2D eigenvalue weighted by molar-refractivity contribution is 7.20. The van der Waals surface area contributed by atoms with Crippen molar-refractivity contribution in [2.75, 3.05) is 0 Å². The van der Waals surface area contributed by atoms with Crippen molar-refractivity contribution in [3.8, 4) is 0 Å². The highest BCUT2D eigenvalue weighted by Gasteiger charge is 2.47. The molecule has 0 fully saturated rings. The number of fused-ring (bicyclic) bond motifs is 1. The number of benzene rings is 6. The van der Waals surface area contributed by atoms with E-state index in [0.717, 1.165) is 0 Å². The fourth-order valence-electron chi connectivity index (χ4n) is 8.75. The van der Waals surface area contributed by atoms with Gasteiger partial charge in [-0.25, -0.2) is 9.59 Å². The van der Waals surface area contributed by atoms with Gasteiger partial charge in [0.2, 0.25) is 12.3 Å². The number of halogens is 24. The van der Waals surface area contributed by atoms with Crippen LogP contribution in [-0.4, -0.2) is 34.1 Å². The molecule has 0 unspecified atom stereocenters. The molecule has 7 rings (SSSR count). The smallest absolute Gasteiger partial charge is 0.416 e. The molecule has 0 aliphatic carbocycles. The summed E-state index contributed by atoms with van der Waals surface area (Å²) in [6.07, 6.45) is -53.3. The van der Waals surface area contributed by atoms with Crippen LogP contribution in [0.15, 0.2) is 134 Å². The van der Waals surface area contributed by atoms with E-state index in [0.29, 0.717) is 10.9 Å². The van der Waals surface area contributed by atoms with Crippen LogP contribution in [0.1, 0.15) is 75.7 Å². The second-order valence-electron chi connectivity index (χ2n) is 17.7. The van der Waals surface area contributed by atoms with Crippen molar-refractivity contribution >= 4 is 56.5 Å². The summed E-state index contributed by atoms with van der Waals surface area (Å²) in [6.45, 7) is -0.154. The van der Waals surface area contributed by atoms with Gasteiger partial charge in [-0.15, -0.1) is 0 Å². The highest BCUT2D eigenvalue weighted by atomic mass is 19.4. The van der Waals surface area contributed by atoms with Crippen molar-refractivity contribution in [2.24, 2.45) is 0 Å². The molecule has 0 saturated carbocycles. The van der Waals surface area contributed by atoms with Crippen molar-refractivity contribution in [3.05, 3.63) is 195 Å². The monoisotopic (exact) mass is 1200 g/mol. The Kier molecular flexibility index (Phi) is 16.5. The second kappa shape index (κ2) is 21.6. The molecule has 6 nitrogen and oxygen atoms in total. The number of rotatable bonds is 9. The van der Waals surface area contributed by atoms with E-state index in [1.54, 1.807) is 42.5 Å². The number of ketones is 1. The Hall–Kier alpha value is -8.28. The van der Waals surface area contributed by atoms with Gasteiger partial charge in [-0.3, -0.25) is 4.79 Å². The van der Waals surface area contributed by atoms with E-state index >= 15 is 0 Å². The Morgan fingerprint density at radius 3 is 0.902 bits per heavy atom. The van der Waals surface area contributed by atoms with Crippen molar-refractivity contribution < 1.29 is 135 Å². The van der Waals surface area contributed by atoms with Gasteiger partial charge in [0.25, 0.3) is 5.69 Å². The summed E-state index contributed by atoms with van der Waals surface area (Å²) >= 11 is 0. The largest absolute Gasteiger partial charge is 0.478 e. The number of pyridine rings is 1. The van der Waals surface area contributed by atoms with Crippen LogP contribution in [-0.2, 0) is 56.0 Å². The summed E-state index contributed by atoms with van der Waals surface area (Å²) < 4.78 is 342. The first-order valence-electron chi connectivity index (χ1n) is 22.1. The van der Waals surface area contributed by atoms with Gasteiger partial charge in [0.05, 0.1) is 55.5 Å². The summed E-state index contributed by atoms with van der Waals surface area (Å²) in [6, 6.07) is 5.69. The van der Waals surface area contributed by atoms with Gasteiger partial charge < -0.3 is 10.2 Å². The van der Waals surface area contributed by atoms with E-state index in [2.05, 4.69) is 0 Å². The molecule has 31 heteroatoms. The Morgan fingerprint density at radius 2 is 0.646 bits per heavy atom. The minimum absolute atomic E-state index is 0.0119. The van der Waals surface area contributed by atoms with E-state index in [-0.39, 0.29) is 29.0 Å². The van der Waals surface area contributed by atoms with Crippen molar-refractivity contribution in [3.63, 3.8) is 0 Å². The average Bonchev–Trinajstić information content (AvgIpc) is 2.71. The summed E-state index contributed by atoms with van der Waals surface area (Å²) in [7, 11) is 0. The minimum atomic E-state index is -6.13. The van der Waals surface area contributed by atoms with Crippen LogP contribution in [0.25, 0.3) is 10.8 Å². The molecule has 0 spiro atoms. The van der Waals surface area contributed by atoms with Crippen molar-refractivity contribution in [1.82, 2.24) is 0 Å². The van der Waals surface area contributed by atoms with Crippen LogP contribution in [0, 0.1) is 0 Å². The van der Waals surface area contributed by atoms with Crippen molar-refractivity contribution in [1.29, 1.82) is 0 Å². The quantitative estimate of drug-likeness (QED) is 0.0650. The van der Waals surface area contributed by atoms with E-state index < -0.39 is 207 Å². The molecular formula is C51H26BF24NO5. The average molecular weight is 1200 g/mol. The summed E-state index contributed by atoms with van der Waals surface area (Å²) in [5.74, 6) is -2.61. The van der Waals surface area contributed by atoms with Crippen LogP contribution in [0.2, 0.25) is 0 Å². The molecule has 0 aliphatic rings. The number of nitrogens with zero attached hydrogens (tertiary/aromatic N) is 1. The van der Waals surface area contributed by atoms with Crippen molar-refractivity contribution in [2.45, 2.75) is 56.0 Å². The van der Waals surface area contributed by atoms with Crippen LogP contribution < -0.4 is 26.4 Å². The number of alkyl halides is 24. The zero-order valence-corrected chi connectivity index (χ0v) is 39.6. The number of Topliss-reactive ketones (excluding diaryl/α,β-unsaturated/α-hetero) is 1. The lowest BCUT2D eigenvalue weighted by molar-refractivity contribution is -0.684. The number of hydrogen-bond donors (Lipinski definition) is 2. The third kappa shape index (κ3) is 13.7. The first kappa shape index (κ1) is 62.9. The Morgan fingerprint density at radius 1 is 0.354 bits per heavy atom. The minimum Gasteiger partial charge on any atom is -0.478 e. The summed E-state index contributed by atoms with van der Waals surface area (Å²) in [5.41, 5.74) is -29.9. The zero-order valence-electron chi connectivity index (χ0n) is 39.6. The van der Waals surface area contributed by atoms with Gasteiger partial charge in [0, 0.05) is 11.6 Å². The maximum Gasteiger partial charge on any atom is 0.416 e. The zero-order chi connectivity index (χ0) is 61.9. The number of hydrogen-bond acceptors (Lipinski definition) is 3. The third-order valence-corrected chi connectivity index (χ3v) is 12.3. The molecule has 0 saturated heterocycles. The maximum absolute atomic E-state index is 14.2. The first-order valence-corrected chi connectivity index (χ1v) is 22.1. The number of carboxylic acid groups (broad SMARTS) is 2. The normalized spacial score (nSPS) is 13.2. The lowest BCUT2D eigenvalue weighted by Crippen LogP contribution is -2.75. The van der Waals surface area contributed by atoms with Gasteiger partial charge in [-0.05, 0) is 41.8 Å². The molecule has 1 heterocycles. The first-order chi connectivity index (χ1) is 37.2. The van der Waals surface area contributed by atoms with Gasteiger partial charge in [0.15, 0.2) is 6.20 Å². The topological polar surface area (TPSA) is 95.5 Å². The van der Waals surface area contributed by atoms with Gasteiger partial charge in [0.1, 0.15) is 6.15 Å². The number of carbonyl (C=O) groups excluding carboxylic acids is 1. The Balaban J connectivity index is 0.000000357. The Bertz CT molecular complexity index is 3160. The van der Waals surface area contributed by atoms with E-state index in [4.69, 9.17) is 5.11 Å². The fourth-order valence-corrected chi connectivity index (χ4v) is 8.75. The van der Waals surface area contributed by atoms with Gasteiger partial charge >= 0.3 is 61.3 Å².